The first-order valence-electron chi connectivity index (χ1n) is 11.8. The second-order valence-electron chi connectivity index (χ2n) is 8.63. The number of benzene rings is 4. The zero-order chi connectivity index (χ0) is 23.2. The molecule has 3 heteroatoms. The first kappa shape index (κ1) is 28.1. The molecule has 0 atom stereocenters. The van der Waals surface area contributed by atoms with Crippen molar-refractivity contribution in [3.8, 4) is 33.4 Å². The maximum Gasteiger partial charge on any atom is -0.0184 e. The largest absolute Gasteiger partial charge is 0.214 e. The van der Waals surface area contributed by atoms with E-state index in [1.54, 1.807) is 27.4 Å². The molecule has 1 saturated carbocycles. The van der Waals surface area contributed by atoms with Gasteiger partial charge in [0.2, 0.25) is 0 Å². The molecule has 1 fully saturated rings. The van der Waals surface area contributed by atoms with Gasteiger partial charge in [-0.2, -0.15) is 42.0 Å². The van der Waals surface area contributed by atoms with Gasteiger partial charge in [0.15, 0.2) is 0 Å². The third-order valence-corrected chi connectivity index (χ3v) is 7.29. The molecule has 36 heavy (non-hydrogen) atoms. The van der Waals surface area contributed by atoms with Crippen LogP contribution in [0.25, 0.3) is 33.4 Å². The SMILES string of the molecule is [Cl-].[Cl-].[Zr+2]=[C]1CC1.[c-]1cc(-c2ccccc2)cc2c1Cc1ccc(-c3ccccc3)cc1-2.c1cc[cH-]c1. The number of rotatable bonds is 2. The Morgan fingerprint density at radius 2 is 1.17 bits per heavy atom. The minimum absolute atomic E-state index is 0. The Kier molecular flexibility index (Phi) is 10.8. The summed E-state index contributed by atoms with van der Waals surface area (Å²) in [4.78, 5) is 0. The summed E-state index contributed by atoms with van der Waals surface area (Å²) in [6.45, 7) is 0. The monoisotopic (exact) mass is 582 g/mol. The van der Waals surface area contributed by atoms with Gasteiger partial charge in [-0.3, -0.25) is 0 Å². The van der Waals surface area contributed by atoms with E-state index in [1.807, 2.05) is 30.3 Å². The van der Waals surface area contributed by atoms with E-state index >= 15 is 0 Å². The van der Waals surface area contributed by atoms with Gasteiger partial charge in [-0.25, -0.2) is 12.1 Å². The van der Waals surface area contributed by atoms with Gasteiger partial charge in [-0.1, -0.05) is 95.6 Å². The van der Waals surface area contributed by atoms with Gasteiger partial charge in [0, 0.05) is 0 Å². The van der Waals surface area contributed by atoms with Gasteiger partial charge in [0.05, 0.1) is 0 Å². The maximum absolute atomic E-state index is 3.52. The molecule has 0 N–H and O–H groups in total. The van der Waals surface area contributed by atoms with Crippen molar-refractivity contribution < 1.29 is 49.0 Å². The van der Waals surface area contributed by atoms with Crippen molar-refractivity contribution in [1.29, 1.82) is 0 Å². The van der Waals surface area contributed by atoms with Gasteiger partial charge in [0.1, 0.15) is 0 Å². The van der Waals surface area contributed by atoms with Gasteiger partial charge in [-0.05, 0) is 17.5 Å². The quantitative estimate of drug-likeness (QED) is 0.274. The average Bonchev–Trinajstić information content (AvgIpc) is 3.34. The molecule has 0 amide bonds. The standard InChI is InChI=1S/C25H17.C5H5.C3H4.2ClH.Zr/c1-3-7-18(8-4-1)20-11-13-22-15-23-14-12-21(17-25(23)24(22)16-20)19-9-5-2-6-10-19;1-2-4-5-3-1;1-2-3-1;;;/h1-13,16-17H,15H2;1-5H;1-2H2;2*1H;/q2*-1;;;;+2/p-2. The van der Waals surface area contributed by atoms with Gasteiger partial charge in [-0.15, -0.1) is 11.1 Å². The molecule has 178 valence electrons. The molecule has 2 aliphatic rings. The number of hydrogen-bond acceptors (Lipinski definition) is 0. The summed E-state index contributed by atoms with van der Waals surface area (Å²) in [6.07, 6.45) is 3.87. The molecule has 0 bridgehead atoms. The van der Waals surface area contributed by atoms with Crippen LogP contribution in [0.3, 0.4) is 0 Å². The number of hydrogen-bond donors (Lipinski definition) is 0. The van der Waals surface area contributed by atoms with Crippen LogP contribution in [0, 0.1) is 6.07 Å². The van der Waals surface area contributed by atoms with E-state index < -0.39 is 0 Å². The molecular formula is C33H26Cl2Zr-2. The summed E-state index contributed by atoms with van der Waals surface area (Å²) >= 11 is 1.66. The average molecular weight is 585 g/mol. The molecule has 0 unspecified atom stereocenters. The van der Waals surface area contributed by atoms with E-state index in [-0.39, 0.29) is 24.8 Å². The van der Waals surface area contributed by atoms with E-state index in [9.17, 15) is 0 Å². The van der Waals surface area contributed by atoms with Gasteiger partial charge in [0.25, 0.3) is 0 Å². The van der Waals surface area contributed by atoms with Crippen molar-refractivity contribution in [2.24, 2.45) is 0 Å². The van der Waals surface area contributed by atoms with Crippen LogP contribution in [0.2, 0.25) is 0 Å². The van der Waals surface area contributed by atoms with Gasteiger partial charge >= 0.3 is 40.3 Å². The Bertz CT molecular complexity index is 1260. The topological polar surface area (TPSA) is 0 Å². The van der Waals surface area contributed by atoms with E-state index in [4.69, 9.17) is 0 Å². The van der Waals surface area contributed by atoms with Crippen molar-refractivity contribution in [3.63, 3.8) is 0 Å². The Hall–Kier alpha value is -2.44. The molecule has 2 aliphatic carbocycles. The number of fused-ring (bicyclic) bond motifs is 3. The molecule has 0 heterocycles. The second kappa shape index (κ2) is 13.8. The number of halogens is 2. The van der Waals surface area contributed by atoms with Crippen LogP contribution < -0.4 is 24.8 Å². The van der Waals surface area contributed by atoms with Gasteiger partial charge < -0.3 is 24.8 Å². The fraction of sp³-hybridized carbons (Fsp3) is 0.0909. The first-order chi connectivity index (χ1) is 16.8. The Balaban J connectivity index is 0.000000278. The summed E-state index contributed by atoms with van der Waals surface area (Å²) in [7, 11) is 0. The minimum Gasteiger partial charge on any atom is -0.214 e. The molecule has 0 aliphatic heterocycles. The van der Waals surface area contributed by atoms with Crippen LogP contribution >= 0.6 is 0 Å². The molecule has 7 rings (SSSR count). The third-order valence-electron chi connectivity index (χ3n) is 6.06. The first-order valence-corrected chi connectivity index (χ1v) is 13.0. The van der Waals surface area contributed by atoms with Crippen LogP contribution in [0.4, 0.5) is 0 Å². The van der Waals surface area contributed by atoms with Crippen LogP contribution in [-0.4, -0.2) is 3.21 Å². The zero-order valence-corrected chi connectivity index (χ0v) is 23.9. The van der Waals surface area contributed by atoms with Crippen molar-refractivity contribution in [1.82, 2.24) is 0 Å². The van der Waals surface area contributed by atoms with Crippen molar-refractivity contribution >= 4 is 3.21 Å². The van der Waals surface area contributed by atoms with E-state index in [2.05, 4.69) is 97.1 Å². The zero-order valence-electron chi connectivity index (χ0n) is 19.9. The predicted octanol–water partition coefficient (Wildman–Crippen LogP) is 2.30. The molecule has 5 aromatic rings. The second-order valence-corrected chi connectivity index (χ2v) is 10.4. The Labute approximate surface area is 241 Å². The predicted molar refractivity (Wildman–Crippen MR) is 141 cm³/mol. The van der Waals surface area contributed by atoms with Crippen LogP contribution in [-0.2, 0) is 30.7 Å². The van der Waals surface area contributed by atoms with Crippen LogP contribution in [0.1, 0.15) is 24.0 Å². The molecule has 0 nitrogen and oxygen atoms in total. The van der Waals surface area contributed by atoms with Crippen LogP contribution in [0.5, 0.6) is 0 Å². The molecule has 0 saturated heterocycles. The van der Waals surface area contributed by atoms with E-state index in [1.165, 1.54) is 57.3 Å². The summed E-state index contributed by atoms with van der Waals surface area (Å²) in [5.41, 5.74) is 10.4. The summed E-state index contributed by atoms with van der Waals surface area (Å²) in [5, 5.41) is 0. The summed E-state index contributed by atoms with van der Waals surface area (Å²) < 4.78 is 1.76. The molecule has 0 spiro atoms. The minimum atomic E-state index is 0. The summed E-state index contributed by atoms with van der Waals surface area (Å²) in [5.74, 6) is 0. The normalized spacial score (nSPS) is 11.8. The van der Waals surface area contributed by atoms with Crippen LogP contribution in [0.15, 0.2) is 121 Å². The Morgan fingerprint density at radius 1 is 0.611 bits per heavy atom. The molecule has 5 aromatic carbocycles. The van der Waals surface area contributed by atoms with E-state index in [0.717, 1.165) is 6.42 Å². The van der Waals surface area contributed by atoms with Crippen molar-refractivity contribution in [2.45, 2.75) is 19.3 Å². The third kappa shape index (κ3) is 7.30. The smallest absolute Gasteiger partial charge is 0.0184 e. The molecule has 0 aromatic heterocycles. The fourth-order valence-corrected chi connectivity index (χ4v) is 4.38. The Morgan fingerprint density at radius 3 is 1.69 bits per heavy atom. The van der Waals surface area contributed by atoms with Crippen molar-refractivity contribution in [2.75, 3.05) is 0 Å². The maximum atomic E-state index is 3.52. The molecular weight excluding hydrogens is 558 g/mol. The summed E-state index contributed by atoms with van der Waals surface area (Å²) in [6, 6.07) is 45.9. The molecule has 0 radical (unpaired) electrons. The van der Waals surface area contributed by atoms with E-state index in [0.29, 0.717) is 0 Å². The van der Waals surface area contributed by atoms with Crippen molar-refractivity contribution in [3.05, 3.63) is 139 Å². The fourth-order valence-electron chi connectivity index (χ4n) is 4.08.